The van der Waals surface area contributed by atoms with Gasteiger partial charge in [-0.15, -0.1) is 0 Å². The molecule has 132 valence electrons. The van der Waals surface area contributed by atoms with E-state index in [4.69, 9.17) is 9.47 Å². The summed E-state index contributed by atoms with van der Waals surface area (Å²) in [7, 11) is 1.41. The van der Waals surface area contributed by atoms with Gasteiger partial charge in [-0.05, 0) is 5.56 Å². The van der Waals surface area contributed by atoms with Crippen LogP contribution in [0, 0.1) is 5.82 Å². The van der Waals surface area contributed by atoms with Crippen LogP contribution in [0.1, 0.15) is 11.6 Å². The molecule has 6 nitrogen and oxygen atoms in total. The third-order valence-corrected chi connectivity index (χ3v) is 4.87. The molecule has 25 heavy (non-hydrogen) atoms. The van der Waals surface area contributed by atoms with Crippen molar-refractivity contribution in [3.63, 3.8) is 0 Å². The minimum atomic E-state index is -0.546. The molecule has 2 aliphatic rings. The molecule has 1 aromatic heterocycles. The molecule has 2 saturated heterocycles. The second kappa shape index (κ2) is 6.93. The maximum atomic E-state index is 13.5. The third-order valence-electron chi connectivity index (χ3n) is 4.87. The Morgan fingerprint density at radius 3 is 2.84 bits per heavy atom. The van der Waals surface area contributed by atoms with Gasteiger partial charge < -0.3 is 14.4 Å². The summed E-state index contributed by atoms with van der Waals surface area (Å²) in [6.07, 6.45) is 1.16. The van der Waals surface area contributed by atoms with Crippen molar-refractivity contribution >= 4 is 5.95 Å². The van der Waals surface area contributed by atoms with E-state index in [0.29, 0.717) is 19.2 Å². The first-order valence-corrected chi connectivity index (χ1v) is 8.46. The van der Waals surface area contributed by atoms with Crippen LogP contribution in [0.15, 0.2) is 36.5 Å². The normalized spacial score (nSPS) is 24.0. The molecule has 1 aromatic carbocycles. The van der Waals surface area contributed by atoms with E-state index in [1.807, 2.05) is 6.07 Å². The van der Waals surface area contributed by atoms with Crippen LogP contribution in [0.25, 0.3) is 0 Å². The Balaban J connectivity index is 1.52. The van der Waals surface area contributed by atoms with Crippen LogP contribution in [-0.4, -0.2) is 60.9 Å². The van der Waals surface area contributed by atoms with Crippen molar-refractivity contribution in [1.82, 2.24) is 14.9 Å². The van der Waals surface area contributed by atoms with Crippen molar-refractivity contribution < 1.29 is 13.9 Å². The fourth-order valence-corrected chi connectivity index (χ4v) is 3.62. The van der Waals surface area contributed by atoms with Gasteiger partial charge in [0.15, 0.2) is 0 Å². The molecule has 0 unspecified atom stereocenters. The summed E-state index contributed by atoms with van der Waals surface area (Å²) in [6.45, 7) is 3.81. The van der Waals surface area contributed by atoms with Gasteiger partial charge in [0.05, 0.1) is 38.6 Å². The third kappa shape index (κ3) is 3.17. The molecule has 0 bridgehead atoms. The van der Waals surface area contributed by atoms with E-state index >= 15 is 0 Å². The SMILES string of the molecule is COc1nc(N2CCN3[C@@H](COC[C@@H]3c3ccccc3)C2)ncc1F. The average molecular weight is 344 g/mol. The highest BCUT2D eigenvalue weighted by atomic mass is 19.1. The number of benzene rings is 1. The molecule has 4 rings (SSSR count). The number of morpholine rings is 1. The number of piperazine rings is 1. The van der Waals surface area contributed by atoms with Crippen LogP contribution in [0.2, 0.25) is 0 Å². The minimum Gasteiger partial charge on any atom is -0.479 e. The Morgan fingerprint density at radius 2 is 2.04 bits per heavy atom. The van der Waals surface area contributed by atoms with Crippen LogP contribution in [0.5, 0.6) is 5.88 Å². The highest BCUT2D eigenvalue weighted by Crippen LogP contribution is 2.30. The molecule has 0 spiro atoms. The lowest BCUT2D eigenvalue weighted by molar-refractivity contribution is -0.0549. The molecule has 2 atom stereocenters. The molecule has 2 fully saturated rings. The minimum absolute atomic E-state index is 0.0190. The van der Waals surface area contributed by atoms with E-state index in [2.05, 4.69) is 44.0 Å². The molecule has 0 aliphatic carbocycles. The van der Waals surface area contributed by atoms with Gasteiger partial charge in [-0.1, -0.05) is 30.3 Å². The van der Waals surface area contributed by atoms with Crippen molar-refractivity contribution in [2.45, 2.75) is 12.1 Å². The Bertz CT molecular complexity index is 730. The van der Waals surface area contributed by atoms with Crippen LogP contribution in [-0.2, 0) is 4.74 Å². The van der Waals surface area contributed by atoms with Gasteiger partial charge in [-0.25, -0.2) is 4.98 Å². The van der Waals surface area contributed by atoms with E-state index in [1.54, 1.807) is 0 Å². The lowest BCUT2D eigenvalue weighted by Crippen LogP contribution is -2.59. The van der Waals surface area contributed by atoms with Crippen LogP contribution >= 0.6 is 0 Å². The molecule has 0 saturated carbocycles. The van der Waals surface area contributed by atoms with Gasteiger partial charge in [-0.2, -0.15) is 9.37 Å². The number of fused-ring (bicyclic) bond motifs is 1. The number of anilines is 1. The van der Waals surface area contributed by atoms with E-state index in [1.165, 1.54) is 12.7 Å². The number of aromatic nitrogens is 2. The summed E-state index contributed by atoms with van der Waals surface area (Å²) >= 11 is 0. The summed E-state index contributed by atoms with van der Waals surface area (Å²) in [5, 5.41) is 0. The van der Waals surface area contributed by atoms with Gasteiger partial charge in [-0.3, -0.25) is 4.90 Å². The smallest absolute Gasteiger partial charge is 0.255 e. The standard InChI is InChI=1S/C18H21FN4O2/c1-24-17-15(19)9-20-18(21-17)22-7-8-23-14(10-22)11-25-12-16(23)13-5-3-2-4-6-13/h2-6,9,14,16H,7-8,10-12H2,1H3/t14-,16-/m1/s1. The number of methoxy groups -OCH3 is 1. The van der Waals surface area contributed by atoms with Crippen molar-refractivity contribution in [2.75, 3.05) is 44.9 Å². The predicted molar refractivity (Wildman–Crippen MR) is 91.3 cm³/mol. The van der Waals surface area contributed by atoms with Gasteiger partial charge in [0.1, 0.15) is 0 Å². The molecule has 2 aromatic rings. The van der Waals surface area contributed by atoms with E-state index < -0.39 is 5.82 Å². The Labute approximate surface area is 146 Å². The van der Waals surface area contributed by atoms with E-state index in [-0.39, 0.29) is 18.0 Å². The molecular formula is C18H21FN4O2. The summed E-state index contributed by atoms with van der Waals surface area (Å²) in [5.74, 6) is -0.0655. The topological polar surface area (TPSA) is 50.7 Å². The summed E-state index contributed by atoms with van der Waals surface area (Å²) < 4.78 is 24.4. The van der Waals surface area contributed by atoms with Crippen molar-refractivity contribution in [1.29, 1.82) is 0 Å². The Morgan fingerprint density at radius 1 is 1.20 bits per heavy atom. The second-order valence-corrected chi connectivity index (χ2v) is 6.33. The van der Waals surface area contributed by atoms with E-state index in [9.17, 15) is 4.39 Å². The fraction of sp³-hybridized carbons (Fsp3) is 0.444. The molecule has 0 N–H and O–H groups in total. The number of hydrogen-bond donors (Lipinski definition) is 0. The van der Waals surface area contributed by atoms with E-state index in [0.717, 1.165) is 25.8 Å². The number of hydrogen-bond acceptors (Lipinski definition) is 6. The summed E-state index contributed by atoms with van der Waals surface area (Å²) in [5.41, 5.74) is 1.28. The lowest BCUT2D eigenvalue weighted by Gasteiger charge is -2.48. The average Bonchev–Trinajstić information content (AvgIpc) is 2.68. The highest BCUT2D eigenvalue weighted by Gasteiger charge is 2.37. The predicted octanol–water partition coefficient (Wildman–Crippen LogP) is 1.89. The molecule has 7 heteroatoms. The maximum absolute atomic E-state index is 13.5. The fourth-order valence-electron chi connectivity index (χ4n) is 3.62. The Hall–Kier alpha value is -2.25. The first kappa shape index (κ1) is 16.2. The molecule has 3 heterocycles. The maximum Gasteiger partial charge on any atom is 0.255 e. The first-order valence-electron chi connectivity index (χ1n) is 8.46. The quantitative estimate of drug-likeness (QED) is 0.848. The van der Waals surface area contributed by atoms with Crippen LogP contribution in [0.4, 0.5) is 10.3 Å². The molecule has 2 aliphatic heterocycles. The Kier molecular flexibility index (Phi) is 4.50. The molecule has 0 amide bonds. The molecule has 0 radical (unpaired) electrons. The zero-order valence-corrected chi connectivity index (χ0v) is 14.1. The highest BCUT2D eigenvalue weighted by molar-refractivity contribution is 5.34. The second-order valence-electron chi connectivity index (χ2n) is 6.33. The number of halogens is 1. The van der Waals surface area contributed by atoms with Gasteiger partial charge in [0.25, 0.3) is 5.88 Å². The number of ether oxygens (including phenoxy) is 2. The van der Waals surface area contributed by atoms with Crippen molar-refractivity contribution in [3.8, 4) is 5.88 Å². The largest absolute Gasteiger partial charge is 0.479 e. The first-order chi connectivity index (χ1) is 12.3. The van der Waals surface area contributed by atoms with Crippen molar-refractivity contribution in [3.05, 3.63) is 47.9 Å². The monoisotopic (exact) mass is 344 g/mol. The van der Waals surface area contributed by atoms with Crippen LogP contribution < -0.4 is 9.64 Å². The molecular weight excluding hydrogens is 323 g/mol. The number of nitrogens with zero attached hydrogens (tertiary/aromatic N) is 4. The number of rotatable bonds is 3. The van der Waals surface area contributed by atoms with Gasteiger partial charge >= 0.3 is 0 Å². The van der Waals surface area contributed by atoms with Gasteiger partial charge in [0.2, 0.25) is 11.8 Å². The van der Waals surface area contributed by atoms with Crippen molar-refractivity contribution in [2.24, 2.45) is 0 Å². The lowest BCUT2D eigenvalue weighted by atomic mass is 10.0. The summed E-state index contributed by atoms with van der Waals surface area (Å²) in [4.78, 5) is 12.9. The zero-order chi connectivity index (χ0) is 17.2. The van der Waals surface area contributed by atoms with Crippen LogP contribution in [0.3, 0.4) is 0 Å². The summed E-state index contributed by atoms with van der Waals surface area (Å²) in [6, 6.07) is 11.0. The van der Waals surface area contributed by atoms with Gasteiger partial charge in [0, 0.05) is 19.6 Å². The zero-order valence-electron chi connectivity index (χ0n) is 14.1.